The summed E-state index contributed by atoms with van der Waals surface area (Å²) in [6.45, 7) is 0. The maximum Gasteiger partial charge on any atom is 0.377 e. The van der Waals surface area contributed by atoms with Crippen LogP contribution >= 0.6 is 0 Å². The van der Waals surface area contributed by atoms with E-state index in [1.54, 1.807) is 6.20 Å². The SMILES string of the molecule is COC(=O)c1ncn(-c2c(N)cnc3ccccc23)n1. The fourth-order valence-corrected chi connectivity index (χ4v) is 1.95. The van der Waals surface area contributed by atoms with E-state index < -0.39 is 5.97 Å². The van der Waals surface area contributed by atoms with Crippen molar-refractivity contribution in [1.82, 2.24) is 19.7 Å². The van der Waals surface area contributed by atoms with E-state index in [1.165, 1.54) is 18.1 Å². The minimum Gasteiger partial charge on any atom is -0.463 e. The molecule has 0 unspecified atom stereocenters. The van der Waals surface area contributed by atoms with Crippen molar-refractivity contribution >= 4 is 22.6 Å². The molecule has 0 spiro atoms. The summed E-state index contributed by atoms with van der Waals surface area (Å²) in [5.74, 6) is -0.617. The molecule has 0 aliphatic rings. The highest BCUT2D eigenvalue weighted by molar-refractivity contribution is 5.92. The average molecular weight is 269 g/mol. The van der Waals surface area contributed by atoms with Gasteiger partial charge in [-0.1, -0.05) is 18.2 Å². The number of hydrogen-bond donors (Lipinski definition) is 1. The third kappa shape index (κ3) is 1.85. The average Bonchev–Trinajstić information content (AvgIpc) is 2.95. The summed E-state index contributed by atoms with van der Waals surface area (Å²) in [6, 6.07) is 7.52. The number of para-hydroxylation sites is 1. The molecule has 7 nitrogen and oxygen atoms in total. The quantitative estimate of drug-likeness (QED) is 0.702. The van der Waals surface area contributed by atoms with Gasteiger partial charge in [-0.3, -0.25) is 4.98 Å². The summed E-state index contributed by atoms with van der Waals surface area (Å²) < 4.78 is 6.03. The standard InChI is InChI=1S/C13H11N5O2/c1-20-13(19)12-16-7-18(17-12)11-8-4-2-3-5-10(8)15-6-9(11)14/h2-7H,14H2,1H3. The first kappa shape index (κ1) is 12.1. The van der Waals surface area contributed by atoms with Crippen LogP contribution in [0.25, 0.3) is 16.6 Å². The molecule has 2 heterocycles. The molecule has 0 aliphatic carbocycles. The Labute approximate surface area is 114 Å². The zero-order valence-corrected chi connectivity index (χ0v) is 10.6. The lowest BCUT2D eigenvalue weighted by Crippen LogP contribution is -2.07. The molecule has 0 bridgehead atoms. The third-order valence-electron chi connectivity index (χ3n) is 2.86. The van der Waals surface area contributed by atoms with E-state index in [9.17, 15) is 4.79 Å². The van der Waals surface area contributed by atoms with Crippen LogP contribution < -0.4 is 5.73 Å². The van der Waals surface area contributed by atoms with Gasteiger partial charge < -0.3 is 10.5 Å². The van der Waals surface area contributed by atoms with Crippen LogP contribution in [0.5, 0.6) is 0 Å². The number of aromatic nitrogens is 4. The van der Waals surface area contributed by atoms with Gasteiger partial charge in [0.25, 0.3) is 5.82 Å². The Kier molecular flexibility index (Phi) is 2.79. The number of benzene rings is 1. The Morgan fingerprint density at radius 3 is 2.90 bits per heavy atom. The predicted molar refractivity (Wildman–Crippen MR) is 72.4 cm³/mol. The number of carbonyl (C=O) groups is 1. The molecule has 0 amide bonds. The van der Waals surface area contributed by atoms with Crippen LogP contribution in [-0.4, -0.2) is 32.8 Å². The molecule has 3 rings (SSSR count). The Morgan fingerprint density at radius 2 is 2.10 bits per heavy atom. The Balaban J connectivity index is 2.21. The van der Waals surface area contributed by atoms with E-state index in [1.807, 2.05) is 24.3 Å². The molecule has 3 aromatic rings. The molecule has 100 valence electrons. The van der Waals surface area contributed by atoms with Gasteiger partial charge in [0, 0.05) is 5.39 Å². The van der Waals surface area contributed by atoms with Crippen molar-refractivity contribution in [1.29, 1.82) is 0 Å². The molecular formula is C13H11N5O2. The van der Waals surface area contributed by atoms with Crippen LogP contribution in [0.2, 0.25) is 0 Å². The summed E-state index contributed by atoms with van der Waals surface area (Å²) in [6.07, 6.45) is 2.97. The maximum absolute atomic E-state index is 11.4. The zero-order valence-electron chi connectivity index (χ0n) is 10.6. The summed E-state index contributed by atoms with van der Waals surface area (Å²) in [5, 5.41) is 4.91. The van der Waals surface area contributed by atoms with E-state index in [-0.39, 0.29) is 5.82 Å². The normalized spacial score (nSPS) is 10.7. The van der Waals surface area contributed by atoms with E-state index >= 15 is 0 Å². The minimum atomic E-state index is -0.597. The van der Waals surface area contributed by atoms with Crippen molar-refractivity contribution in [2.45, 2.75) is 0 Å². The van der Waals surface area contributed by atoms with Crippen molar-refractivity contribution in [2.24, 2.45) is 0 Å². The number of rotatable bonds is 2. The molecule has 2 aromatic heterocycles. The maximum atomic E-state index is 11.4. The van der Waals surface area contributed by atoms with Gasteiger partial charge in [0.2, 0.25) is 0 Å². The van der Waals surface area contributed by atoms with Crippen LogP contribution in [0, 0.1) is 0 Å². The van der Waals surface area contributed by atoms with Gasteiger partial charge in [-0.15, -0.1) is 5.10 Å². The second-order valence-electron chi connectivity index (χ2n) is 4.08. The number of fused-ring (bicyclic) bond motifs is 1. The van der Waals surface area contributed by atoms with E-state index in [0.717, 1.165) is 10.9 Å². The summed E-state index contributed by atoms with van der Waals surface area (Å²) in [7, 11) is 1.28. The summed E-state index contributed by atoms with van der Waals surface area (Å²) in [4.78, 5) is 19.6. The number of anilines is 1. The monoisotopic (exact) mass is 269 g/mol. The first-order valence-corrected chi connectivity index (χ1v) is 5.84. The van der Waals surface area contributed by atoms with Crippen LogP contribution in [-0.2, 0) is 4.74 Å². The fourth-order valence-electron chi connectivity index (χ4n) is 1.95. The molecular weight excluding hydrogens is 258 g/mol. The van der Waals surface area contributed by atoms with E-state index in [2.05, 4.69) is 19.8 Å². The highest BCUT2D eigenvalue weighted by Crippen LogP contribution is 2.25. The number of nitrogens with two attached hydrogens (primary N) is 1. The van der Waals surface area contributed by atoms with Gasteiger partial charge in [-0.25, -0.2) is 14.5 Å². The predicted octanol–water partition coefficient (Wildman–Crippen LogP) is 1.18. The van der Waals surface area contributed by atoms with Crippen molar-refractivity contribution in [2.75, 3.05) is 12.8 Å². The van der Waals surface area contributed by atoms with Crippen molar-refractivity contribution < 1.29 is 9.53 Å². The first-order valence-electron chi connectivity index (χ1n) is 5.84. The third-order valence-corrected chi connectivity index (χ3v) is 2.86. The summed E-state index contributed by atoms with van der Waals surface area (Å²) >= 11 is 0. The number of nitrogens with zero attached hydrogens (tertiary/aromatic N) is 4. The Bertz CT molecular complexity index is 796. The van der Waals surface area contributed by atoms with E-state index in [0.29, 0.717) is 11.4 Å². The van der Waals surface area contributed by atoms with Gasteiger partial charge >= 0.3 is 5.97 Å². The highest BCUT2D eigenvalue weighted by Gasteiger charge is 2.15. The first-order chi connectivity index (χ1) is 9.70. The zero-order chi connectivity index (χ0) is 14.1. The number of esters is 1. The van der Waals surface area contributed by atoms with Crippen LogP contribution in [0.15, 0.2) is 36.8 Å². The molecule has 0 aliphatic heterocycles. The molecule has 20 heavy (non-hydrogen) atoms. The number of nitrogen functional groups attached to an aromatic ring is 1. The second-order valence-corrected chi connectivity index (χ2v) is 4.08. The van der Waals surface area contributed by atoms with Crippen LogP contribution in [0.4, 0.5) is 5.69 Å². The van der Waals surface area contributed by atoms with Crippen molar-refractivity contribution in [3.05, 3.63) is 42.6 Å². The lowest BCUT2D eigenvalue weighted by molar-refractivity contribution is 0.0587. The number of pyridine rings is 1. The molecule has 0 atom stereocenters. The fraction of sp³-hybridized carbons (Fsp3) is 0.0769. The van der Waals surface area contributed by atoms with Crippen molar-refractivity contribution in [3.63, 3.8) is 0 Å². The van der Waals surface area contributed by atoms with Gasteiger partial charge in [0.05, 0.1) is 24.5 Å². The Hall–Kier alpha value is -2.96. The summed E-state index contributed by atoms with van der Waals surface area (Å²) in [5.41, 5.74) is 7.84. The second kappa shape index (κ2) is 4.61. The minimum absolute atomic E-state index is 0.0206. The van der Waals surface area contributed by atoms with Gasteiger partial charge in [0.15, 0.2) is 0 Å². The van der Waals surface area contributed by atoms with Gasteiger partial charge in [0.1, 0.15) is 12.0 Å². The molecule has 7 heteroatoms. The van der Waals surface area contributed by atoms with Gasteiger partial charge in [-0.05, 0) is 6.07 Å². The molecule has 0 radical (unpaired) electrons. The molecule has 0 saturated heterocycles. The van der Waals surface area contributed by atoms with E-state index in [4.69, 9.17) is 5.73 Å². The van der Waals surface area contributed by atoms with Crippen molar-refractivity contribution in [3.8, 4) is 5.69 Å². The number of carbonyl (C=O) groups excluding carboxylic acids is 1. The molecule has 2 N–H and O–H groups in total. The number of methoxy groups -OCH3 is 1. The molecule has 0 fully saturated rings. The van der Waals surface area contributed by atoms with Crippen LogP contribution in [0.1, 0.15) is 10.6 Å². The lowest BCUT2D eigenvalue weighted by Gasteiger charge is -2.08. The smallest absolute Gasteiger partial charge is 0.377 e. The lowest BCUT2D eigenvalue weighted by atomic mass is 10.1. The molecule has 1 aromatic carbocycles. The van der Waals surface area contributed by atoms with Gasteiger partial charge in [-0.2, -0.15) is 0 Å². The largest absolute Gasteiger partial charge is 0.463 e. The Morgan fingerprint density at radius 1 is 1.30 bits per heavy atom. The molecule has 0 saturated carbocycles. The van der Waals surface area contributed by atoms with Crippen LogP contribution in [0.3, 0.4) is 0 Å². The number of ether oxygens (including phenoxy) is 1. The highest BCUT2D eigenvalue weighted by atomic mass is 16.5. The number of hydrogen-bond acceptors (Lipinski definition) is 6. The topological polar surface area (TPSA) is 95.9 Å².